The molecule has 108 valence electrons. The maximum atomic E-state index is 13.5. The van der Waals surface area contributed by atoms with Gasteiger partial charge in [0, 0.05) is 6.07 Å². The van der Waals surface area contributed by atoms with Crippen LogP contribution in [0, 0.1) is 34.9 Å². The molecule has 20 heavy (non-hydrogen) atoms. The number of fused-ring (bicyclic) bond motifs is 1. The number of alkyl halides is 3. The number of halogens is 9. The van der Waals surface area contributed by atoms with Crippen LogP contribution >= 0.6 is 0 Å². The minimum Gasteiger partial charge on any atom is -0.206 e. The van der Waals surface area contributed by atoms with Gasteiger partial charge in [-0.05, 0) is 0 Å². The van der Waals surface area contributed by atoms with Gasteiger partial charge in [-0.1, -0.05) is 0 Å². The Morgan fingerprint density at radius 2 is 1.15 bits per heavy atom. The summed E-state index contributed by atoms with van der Waals surface area (Å²) in [5.74, 6) is -14.0. The summed E-state index contributed by atoms with van der Waals surface area (Å²) in [6, 6.07) is -0.266. The van der Waals surface area contributed by atoms with Gasteiger partial charge in [0.15, 0.2) is 23.3 Å². The first-order valence-corrected chi connectivity index (χ1v) is 4.78. The molecular formula is C11HF9. The third-order valence-electron chi connectivity index (χ3n) is 2.53. The van der Waals surface area contributed by atoms with Gasteiger partial charge in [0.25, 0.3) is 0 Å². The average Bonchev–Trinajstić information content (AvgIpc) is 2.29. The molecule has 0 aliphatic heterocycles. The van der Waals surface area contributed by atoms with Crippen molar-refractivity contribution in [3.63, 3.8) is 0 Å². The zero-order valence-electron chi connectivity index (χ0n) is 8.98. The Morgan fingerprint density at radius 1 is 0.600 bits per heavy atom. The van der Waals surface area contributed by atoms with Gasteiger partial charge in [-0.15, -0.1) is 0 Å². The molecule has 0 atom stereocenters. The third-order valence-corrected chi connectivity index (χ3v) is 2.53. The first kappa shape index (κ1) is 14.5. The van der Waals surface area contributed by atoms with Gasteiger partial charge < -0.3 is 0 Å². The predicted octanol–water partition coefficient (Wildman–Crippen LogP) is 4.69. The quantitative estimate of drug-likeness (QED) is 0.489. The summed E-state index contributed by atoms with van der Waals surface area (Å²) in [6.07, 6.45) is -5.68. The zero-order valence-corrected chi connectivity index (χ0v) is 8.98. The van der Waals surface area contributed by atoms with E-state index in [9.17, 15) is 39.5 Å². The maximum absolute atomic E-state index is 13.5. The molecule has 0 heterocycles. The molecule has 2 rings (SSSR count). The van der Waals surface area contributed by atoms with Crippen LogP contribution in [0.15, 0.2) is 6.07 Å². The van der Waals surface area contributed by atoms with Gasteiger partial charge >= 0.3 is 6.18 Å². The monoisotopic (exact) mass is 304 g/mol. The van der Waals surface area contributed by atoms with Crippen molar-refractivity contribution in [1.82, 2.24) is 0 Å². The van der Waals surface area contributed by atoms with Crippen LogP contribution in [0.1, 0.15) is 5.56 Å². The lowest BCUT2D eigenvalue weighted by atomic mass is 10.0. The Balaban J connectivity index is 3.13. The fraction of sp³-hybridized carbons (Fsp3) is 0.0909. The van der Waals surface area contributed by atoms with Crippen LogP contribution in [-0.2, 0) is 6.18 Å². The van der Waals surface area contributed by atoms with Crippen molar-refractivity contribution < 1.29 is 39.5 Å². The molecule has 0 amide bonds. The lowest BCUT2D eigenvalue weighted by Crippen LogP contribution is -2.15. The minimum absolute atomic E-state index is 0.266. The molecule has 0 aromatic heterocycles. The number of hydrogen-bond acceptors (Lipinski definition) is 0. The Kier molecular flexibility index (Phi) is 3.10. The van der Waals surface area contributed by atoms with Gasteiger partial charge in [0.2, 0.25) is 0 Å². The summed E-state index contributed by atoms with van der Waals surface area (Å²) in [4.78, 5) is 0. The second-order valence-electron chi connectivity index (χ2n) is 3.72. The highest BCUT2D eigenvalue weighted by molar-refractivity contribution is 5.86. The largest absolute Gasteiger partial charge is 0.422 e. The van der Waals surface area contributed by atoms with Crippen molar-refractivity contribution in [1.29, 1.82) is 0 Å². The van der Waals surface area contributed by atoms with Gasteiger partial charge in [-0.3, -0.25) is 0 Å². The van der Waals surface area contributed by atoms with Crippen molar-refractivity contribution in [2.75, 3.05) is 0 Å². The standard InChI is InChI=1S/C11HF9/c12-2-1-3(13)7(14)5-4(2)8(15)6(11(18,19)20)10(17)9(5)16/h1H. The summed E-state index contributed by atoms with van der Waals surface area (Å²) < 4.78 is 117. The molecule has 0 fully saturated rings. The van der Waals surface area contributed by atoms with Crippen LogP contribution in [0.2, 0.25) is 0 Å². The first-order chi connectivity index (χ1) is 9.07. The molecule has 0 bridgehead atoms. The lowest BCUT2D eigenvalue weighted by Gasteiger charge is -2.13. The predicted molar refractivity (Wildman–Crippen MR) is 48.7 cm³/mol. The second-order valence-corrected chi connectivity index (χ2v) is 3.72. The van der Waals surface area contributed by atoms with E-state index in [-0.39, 0.29) is 6.07 Å². The van der Waals surface area contributed by atoms with E-state index in [1.165, 1.54) is 0 Å². The Labute approximate surface area is 104 Å². The molecule has 0 saturated heterocycles. The Hall–Kier alpha value is -1.93. The second kappa shape index (κ2) is 4.29. The summed E-state index contributed by atoms with van der Waals surface area (Å²) in [7, 11) is 0. The van der Waals surface area contributed by atoms with E-state index in [4.69, 9.17) is 0 Å². The van der Waals surface area contributed by atoms with Gasteiger partial charge in [-0.2, -0.15) is 13.2 Å². The highest BCUT2D eigenvalue weighted by Crippen LogP contribution is 2.40. The first-order valence-electron chi connectivity index (χ1n) is 4.78. The van der Waals surface area contributed by atoms with E-state index in [0.717, 1.165) is 0 Å². The van der Waals surface area contributed by atoms with Gasteiger partial charge in [-0.25, -0.2) is 26.3 Å². The van der Waals surface area contributed by atoms with E-state index < -0.39 is 57.4 Å². The Morgan fingerprint density at radius 3 is 1.65 bits per heavy atom. The molecule has 2 aromatic rings. The minimum atomic E-state index is -5.68. The molecule has 0 aliphatic rings. The molecule has 9 heteroatoms. The average molecular weight is 304 g/mol. The van der Waals surface area contributed by atoms with E-state index in [2.05, 4.69) is 0 Å². The molecule has 0 radical (unpaired) electrons. The highest BCUT2D eigenvalue weighted by atomic mass is 19.4. The van der Waals surface area contributed by atoms with Crippen LogP contribution in [0.4, 0.5) is 39.5 Å². The van der Waals surface area contributed by atoms with Crippen LogP contribution < -0.4 is 0 Å². The van der Waals surface area contributed by atoms with Crippen molar-refractivity contribution in [2.45, 2.75) is 6.18 Å². The van der Waals surface area contributed by atoms with Crippen molar-refractivity contribution in [3.8, 4) is 0 Å². The van der Waals surface area contributed by atoms with Gasteiger partial charge in [0.1, 0.15) is 17.2 Å². The summed E-state index contributed by atoms with van der Waals surface area (Å²) in [5, 5.41) is -3.67. The van der Waals surface area contributed by atoms with E-state index in [1.54, 1.807) is 0 Å². The van der Waals surface area contributed by atoms with Crippen LogP contribution in [-0.4, -0.2) is 0 Å². The highest BCUT2D eigenvalue weighted by Gasteiger charge is 2.41. The van der Waals surface area contributed by atoms with Gasteiger partial charge in [0.05, 0.1) is 10.8 Å². The fourth-order valence-electron chi connectivity index (χ4n) is 1.71. The molecular weight excluding hydrogens is 303 g/mol. The maximum Gasteiger partial charge on any atom is 0.422 e. The normalized spacial score (nSPS) is 12.2. The molecule has 0 saturated carbocycles. The molecule has 2 aromatic carbocycles. The summed E-state index contributed by atoms with van der Waals surface area (Å²) in [5.41, 5.74) is -2.72. The molecule has 0 nitrogen and oxygen atoms in total. The van der Waals surface area contributed by atoms with Crippen molar-refractivity contribution in [3.05, 3.63) is 46.5 Å². The van der Waals surface area contributed by atoms with Crippen LogP contribution in [0.25, 0.3) is 10.8 Å². The van der Waals surface area contributed by atoms with Crippen molar-refractivity contribution >= 4 is 10.8 Å². The third kappa shape index (κ3) is 1.88. The fourth-order valence-corrected chi connectivity index (χ4v) is 1.71. The summed E-state index contributed by atoms with van der Waals surface area (Å²) in [6.45, 7) is 0. The van der Waals surface area contributed by atoms with E-state index in [1.807, 2.05) is 0 Å². The van der Waals surface area contributed by atoms with Crippen molar-refractivity contribution in [2.24, 2.45) is 0 Å². The Bertz CT molecular complexity index is 715. The molecule has 0 N–H and O–H groups in total. The number of hydrogen-bond donors (Lipinski definition) is 0. The zero-order chi connectivity index (χ0) is 15.4. The lowest BCUT2D eigenvalue weighted by molar-refractivity contribution is -0.142. The molecule has 0 aliphatic carbocycles. The summed E-state index contributed by atoms with van der Waals surface area (Å²) >= 11 is 0. The number of benzene rings is 2. The number of rotatable bonds is 0. The topological polar surface area (TPSA) is 0 Å². The van der Waals surface area contributed by atoms with Crippen LogP contribution in [0.5, 0.6) is 0 Å². The SMILES string of the molecule is Fc1cc(F)c2c(F)c(C(F)(F)F)c(F)c(F)c2c1F. The molecule has 0 spiro atoms. The smallest absolute Gasteiger partial charge is 0.206 e. The molecule has 0 unspecified atom stereocenters. The van der Waals surface area contributed by atoms with E-state index >= 15 is 0 Å². The van der Waals surface area contributed by atoms with Crippen LogP contribution in [0.3, 0.4) is 0 Å². The van der Waals surface area contributed by atoms with E-state index in [0.29, 0.717) is 0 Å².